The van der Waals surface area contributed by atoms with E-state index in [0.29, 0.717) is 25.3 Å². The molecule has 0 unspecified atom stereocenters. The molecule has 0 saturated heterocycles. The number of likely N-dealkylation sites (N-methyl/N-ethyl adjacent to an activating group) is 1. The molecule has 24 heavy (non-hydrogen) atoms. The molecule has 0 aromatic carbocycles. The highest BCUT2D eigenvalue weighted by atomic mass is 16.3. The second-order valence-electron chi connectivity index (χ2n) is 6.50. The van der Waals surface area contributed by atoms with E-state index in [2.05, 4.69) is 20.4 Å². The number of carbonyl (C=O) groups is 1. The molecule has 1 amide bonds. The van der Waals surface area contributed by atoms with Crippen LogP contribution in [0.5, 0.6) is 0 Å². The highest BCUT2D eigenvalue weighted by Crippen LogP contribution is 2.18. The number of nitrogens with zero attached hydrogens (tertiary/aromatic N) is 3. The lowest BCUT2D eigenvalue weighted by molar-refractivity contribution is 0.0712. The van der Waals surface area contributed by atoms with Gasteiger partial charge in [0.05, 0.1) is 6.54 Å². The molecular weight excluding hydrogens is 306 g/mol. The predicted octanol–water partition coefficient (Wildman–Crippen LogP) is 1.16. The third-order valence-electron chi connectivity index (χ3n) is 4.26. The Labute approximate surface area is 142 Å². The van der Waals surface area contributed by atoms with Crippen molar-refractivity contribution >= 4 is 5.91 Å². The van der Waals surface area contributed by atoms with Gasteiger partial charge in [-0.1, -0.05) is 0 Å². The Bertz CT molecular complexity index is 704. The van der Waals surface area contributed by atoms with E-state index in [1.807, 2.05) is 38.1 Å². The van der Waals surface area contributed by atoms with Crippen LogP contribution in [0.1, 0.15) is 33.3 Å². The van der Waals surface area contributed by atoms with Crippen molar-refractivity contribution < 1.29 is 9.21 Å². The summed E-state index contributed by atoms with van der Waals surface area (Å²) in [5, 5.41) is 10.6. The number of amides is 1. The Morgan fingerprint density at radius 1 is 1.33 bits per heavy atom. The number of aromatic nitrogens is 2. The largest absolute Gasteiger partial charge is 0.464 e. The molecule has 0 bridgehead atoms. The van der Waals surface area contributed by atoms with Gasteiger partial charge in [0, 0.05) is 43.9 Å². The summed E-state index contributed by atoms with van der Waals surface area (Å²) in [5.41, 5.74) is 2.59. The van der Waals surface area contributed by atoms with Crippen molar-refractivity contribution in [3.63, 3.8) is 0 Å². The first kappa shape index (κ1) is 16.7. The molecular formula is C17H25N5O2. The third kappa shape index (κ3) is 3.68. The van der Waals surface area contributed by atoms with Crippen LogP contribution in [0.15, 0.2) is 16.5 Å². The molecule has 0 fully saturated rings. The molecule has 0 atom stereocenters. The zero-order valence-corrected chi connectivity index (χ0v) is 14.6. The van der Waals surface area contributed by atoms with Gasteiger partial charge in [0.15, 0.2) is 5.69 Å². The number of carbonyl (C=O) groups excluding carboxylic acids is 1. The summed E-state index contributed by atoms with van der Waals surface area (Å²) >= 11 is 0. The van der Waals surface area contributed by atoms with Crippen LogP contribution in [0.4, 0.5) is 0 Å². The van der Waals surface area contributed by atoms with E-state index in [-0.39, 0.29) is 5.91 Å². The molecule has 3 rings (SSSR count). The molecule has 0 saturated carbocycles. The third-order valence-corrected chi connectivity index (χ3v) is 4.26. The molecule has 1 aliphatic rings. The smallest absolute Gasteiger partial charge is 0.275 e. The van der Waals surface area contributed by atoms with Gasteiger partial charge in [-0.25, -0.2) is 0 Å². The van der Waals surface area contributed by atoms with Crippen LogP contribution < -0.4 is 5.32 Å². The number of H-pyrrole nitrogens is 1. The first-order chi connectivity index (χ1) is 11.5. The number of aromatic amines is 1. The topological polar surface area (TPSA) is 77.4 Å². The van der Waals surface area contributed by atoms with Gasteiger partial charge in [-0.05, 0) is 33.2 Å². The van der Waals surface area contributed by atoms with E-state index in [9.17, 15) is 4.79 Å². The molecule has 0 radical (unpaired) electrons. The van der Waals surface area contributed by atoms with Crippen LogP contribution in [0.25, 0.3) is 0 Å². The molecule has 0 spiro atoms. The lowest BCUT2D eigenvalue weighted by Gasteiger charge is -2.23. The van der Waals surface area contributed by atoms with E-state index >= 15 is 0 Å². The van der Waals surface area contributed by atoms with Gasteiger partial charge >= 0.3 is 0 Å². The second-order valence-corrected chi connectivity index (χ2v) is 6.50. The maximum absolute atomic E-state index is 13.1. The monoisotopic (exact) mass is 331 g/mol. The Morgan fingerprint density at radius 2 is 2.17 bits per heavy atom. The van der Waals surface area contributed by atoms with Crippen molar-refractivity contribution in [3.05, 3.63) is 40.6 Å². The molecule has 7 nitrogen and oxygen atoms in total. The minimum absolute atomic E-state index is 0.0490. The first-order valence-corrected chi connectivity index (χ1v) is 8.30. The number of fused-ring (bicyclic) bond motifs is 1. The number of rotatable bonds is 6. The molecule has 2 N–H and O–H groups in total. The van der Waals surface area contributed by atoms with Gasteiger partial charge in [0.1, 0.15) is 11.5 Å². The van der Waals surface area contributed by atoms with Gasteiger partial charge in [0.2, 0.25) is 0 Å². The minimum Gasteiger partial charge on any atom is -0.464 e. The summed E-state index contributed by atoms with van der Waals surface area (Å²) in [6.07, 6.45) is 0.880. The summed E-state index contributed by atoms with van der Waals surface area (Å²) < 4.78 is 5.65. The normalized spacial score (nSPS) is 14.0. The molecule has 7 heteroatoms. The molecule has 2 aromatic rings. The Hall–Kier alpha value is -2.12. The van der Waals surface area contributed by atoms with Crippen molar-refractivity contribution in [1.82, 2.24) is 25.3 Å². The van der Waals surface area contributed by atoms with Gasteiger partial charge < -0.3 is 19.5 Å². The van der Waals surface area contributed by atoms with Crippen molar-refractivity contribution in [1.29, 1.82) is 0 Å². The standard InChI is InChI=1S/C17H25N5O2/c1-12-4-5-13(24-12)11-22(9-8-21(2)3)17(23)16-14-10-18-7-6-15(14)19-20-16/h4-5,18H,6-11H2,1-3H3,(H,19,20). The number of aryl methyl sites for hydroxylation is 1. The van der Waals surface area contributed by atoms with E-state index in [1.54, 1.807) is 0 Å². The number of furan rings is 1. The highest BCUT2D eigenvalue weighted by Gasteiger charge is 2.26. The van der Waals surface area contributed by atoms with Gasteiger partial charge in [0.25, 0.3) is 5.91 Å². The van der Waals surface area contributed by atoms with Crippen molar-refractivity contribution in [2.45, 2.75) is 26.4 Å². The summed E-state index contributed by atoms with van der Waals surface area (Å²) in [4.78, 5) is 16.9. The quantitative estimate of drug-likeness (QED) is 0.831. The molecule has 130 valence electrons. The van der Waals surface area contributed by atoms with Gasteiger partial charge in [-0.15, -0.1) is 0 Å². The highest BCUT2D eigenvalue weighted by molar-refractivity contribution is 5.94. The van der Waals surface area contributed by atoms with E-state index < -0.39 is 0 Å². The average molecular weight is 331 g/mol. The molecule has 1 aliphatic heterocycles. The summed E-state index contributed by atoms with van der Waals surface area (Å²) in [5.74, 6) is 1.60. The average Bonchev–Trinajstić information content (AvgIpc) is 3.16. The van der Waals surface area contributed by atoms with Crippen molar-refractivity contribution in [2.75, 3.05) is 33.7 Å². The number of nitrogens with one attached hydrogen (secondary N) is 2. The van der Waals surface area contributed by atoms with E-state index in [1.165, 1.54) is 0 Å². The van der Waals surface area contributed by atoms with Gasteiger partial charge in [-0.2, -0.15) is 5.10 Å². The Balaban J connectivity index is 1.80. The van der Waals surface area contributed by atoms with Crippen LogP contribution in [-0.4, -0.2) is 59.6 Å². The predicted molar refractivity (Wildman–Crippen MR) is 90.7 cm³/mol. The lowest BCUT2D eigenvalue weighted by atomic mass is 10.1. The minimum atomic E-state index is -0.0490. The van der Waals surface area contributed by atoms with Crippen LogP contribution in [-0.2, 0) is 19.5 Å². The lowest BCUT2D eigenvalue weighted by Crippen LogP contribution is -2.37. The second kappa shape index (κ2) is 7.19. The summed E-state index contributed by atoms with van der Waals surface area (Å²) in [6.45, 7) is 5.38. The van der Waals surface area contributed by atoms with E-state index in [0.717, 1.165) is 42.3 Å². The maximum atomic E-state index is 13.1. The molecule has 0 aliphatic carbocycles. The SMILES string of the molecule is Cc1ccc(CN(CCN(C)C)C(=O)c2n[nH]c3c2CNCC3)o1. The fourth-order valence-corrected chi connectivity index (χ4v) is 2.88. The van der Waals surface area contributed by atoms with Crippen LogP contribution >= 0.6 is 0 Å². The fourth-order valence-electron chi connectivity index (χ4n) is 2.88. The summed E-state index contributed by atoms with van der Waals surface area (Å²) in [7, 11) is 4.00. The molecule has 3 heterocycles. The van der Waals surface area contributed by atoms with Gasteiger partial charge in [-0.3, -0.25) is 9.89 Å². The van der Waals surface area contributed by atoms with Crippen molar-refractivity contribution in [3.8, 4) is 0 Å². The van der Waals surface area contributed by atoms with Crippen LogP contribution in [0.3, 0.4) is 0 Å². The Kier molecular flexibility index (Phi) is 5.01. The van der Waals surface area contributed by atoms with E-state index in [4.69, 9.17) is 4.42 Å². The first-order valence-electron chi connectivity index (χ1n) is 8.30. The number of hydrogen-bond acceptors (Lipinski definition) is 5. The summed E-state index contributed by atoms with van der Waals surface area (Å²) in [6, 6.07) is 3.84. The Morgan fingerprint density at radius 3 is 2.88 bits per heavy atom. The zero-order valence-electron chi connectivity index (χ0n) is 14.6. The molecule has 2 aromatic heterocycles. The fraction of sp³-hybridized carbons (Fsp3) is 0.529. The van der Waals surface area contributed by atoms with Crippen LogP contribution in [0, 0.1) is 6.92 Å². The maximum Gasteiger partial charge on any atom is 0.275 e. The van der Waals surface area contributed by atoms with Crippen molar-refractivity contribution in [2.24, 2.45) is 0 Å². The van der Waals surface area contributed by atoms with Crippen LogP contribution in [0.2, 0.25) is 0 Å². The zero-order chi connectivity index (χ0) is 17.1. The number of hydrogen-bond donors (Lipinski definition) is 2.